The molecule has 2 aromatic rings. The molecular formula is C20H28N4O4. The Morgan fingerprint density at radius 3 is 2.57 bits per heavy atom. The van der Waals surface area contributed by atoms with Crippen LogP contribution in [-0.4, -0.2) is 63.5 Å². The minimum Gasteiger partial charge on any atom is -0.480 e. The van der Waals surface area contributed by atoms with Gasteiger partial charge in [0.05, 0.1) is 28.8 Å². The quantitative estimate of drug-likeness (QED) is 0.783. The summed E-state index contributed by atoms with van der Waals surface area (Å²) < 4.78 is 6.91. The molecule has 0 aromatic carbocycles. The van der Waals surface area contributed by atoms with Gasteiger partial charge < -0.3 is 14.7 Å². The van der Waals surface area contributed by atoms with E-state index in [4.69, 9.17) is 9.72 Å². The number of aryl methyl sites for hydroxylation is 1. The number of aliphatic carboxylic acids is 1. The van der Waals surface area contributed by atoms with Gasteiger partial charge in [0.25, 0.3) is 5.91 Å². The number of ether oxygens (including phenoxy) is 1. The topological polar surface area (TPSA) is 97.6 Å². The number of amides is 1. The molecule has 2 aromatic heterocycles. The highest BCUT2D eigenvalue weighted by Crippen LogP contribution is 2.41. The lowest BCUT2D eigenvalue weighted by Crippen LogP contribution is -2.38. The molecule has 8 nitrogen and oxygen atoms in total. The zero-order valence-corrected chi connectivity index (χ0v) is 17.2. The average molecular weight is 388 g/mol. The van der Waals surface area contributed by atoms with E-state index in [-0.39, 0.29) is 31.1 Å². The smallest absolute Gasteiger partial charge is 0.323 e. The summed E-state index contributed by atoms with van der Waals surface area (Å²) in [6.07, 6.45) is 2.11. The van der Waals surface area contributed by atoms with E-state index in [1.165, 1.54) is 12.0 Å². The molecule has 0 unspecified atom stereocenters. The number of hydrogen-bond donors (Lipinski definition) is 1. The van der Waals surface area contributed by atoms with Gasteiger partial charge in [-0.2, -0.15) is 5.10 Å². The van der Waals surface area contributed by atoms with Crippen molar-refractivity contribution in [1.29, 1.82) is 0 Å². The molecule has 1 aliphatic rings. The molecular weight excluding hydrogens is 360 g/mol. The van der Waals surface area contributed by atoms with Crippen molar-refractivity contribution in [3.8, 4) is 0 Å². The highest BCUT2D eigenvalue weighted by molar-refractivity contribution is 6.07. The Bertz CT molecular complexity index is 909. The second-order valence-electron chi connectivity index (χ2n) is 8.35. The summed E-state index contributed by atoms with van der Waals surface area (Å²) in [4.78, 5) is 30.8. The Morgan fingerprint density at radius 2 is 2.04 bits per heavy atom. The predicted molar refractivity (Wildman–Crippen MR) is 105 cm³/mol. The fraction of sp³-hybridized carbons (Fsp3) is 0.600. The summed E-state index contributed by atoms with van der Waals surface area (Å²) in [6.45, 7) is 8.08. The summed E-state index contributed by atoms with van der Waals surface area (Å²) in [5.74, 6) is -1.03. The molecule has 1 saturated carbocycles. The number of methoxy groups -OCH3 is 1. The van der Waals surface area contributed by atoms with Gasteiger partial charge in [-0.25, -0.2) is 9.67 Å². The van der Waals surface area contributed by atoms with Crippen LogP contribution in [-0.2, 0) is 15.1 Å². The summed E-state index contributed by atoms with van der Waals surface area (Å²) in [5.41, 5.74) is 2.45. The number of carboxylic acid groups (broad SMARTS) is 1. The van der Waals surface area contributed by atoms with Gasteiger partial charge in [-0.3, -0.25) is 9.59 Å². The Morgan fingerprint density at radius 1 is 1.36 bits per heavy atom. The SMILES string of the molecule is COCCN(CC(=O)O)C(=O)c1cc(C2CC2)nc2c1c(C)nn2C(C)(C)C. The third-order valence-corrected chi connectivity index (χ3v) is 4.87. The van der Waals surface area contributed by atoms with Crippen LogP contribution in [0.3, 0.4) is 0 Å². The van der Waals surface area contributed by atoms with Crippen LogP contribution in [0.1, 0.15) is 61.3 Å². The van der Waals surface area contributed by atoms with Crippen molar-refractivity contribution in [3.63, 3.8) is 0 Å². The number of carbonyl (C=O) groups excluding carboxylic acids is 1. The van der Waals surface area contributed by atoms with Crippen LogP contribution in [0.4, 0.5) is 0 Å². The highest BCUT2D eigenvalue weighted by Gasteiger charge is 2.31. The first-order valence-corrected chi connectivity index (χ1v) is 9.54. The maximum Gasteiger partial charge on any atom is 0.323 e. The molecule has 0 radical (unpaired) electrons. The molecule has 1 amide bonds. The zero-order chi connectivity index (χ0) is 20.6. The van der Waals surface area contributed by atoms with E-state index in [1.807, 2.05) is 38.4 Å². The molecule has 3 rings (SSSR count). The summed E-state index contributed by atoms with van der Waals surface area (Å²) in [5, 5.41) is 14.6. The maximum absolute atomic E-state index is 13.3. The summed E-state index contributed by atoms with van der Waals surface area (Å²) in [6, 6.07) is 1.83. The Kier molecular flexibility index (Phi) is 5.43. The number of carbonyl (C=O) groups is 2. The van der Waals surface area contributed by atoms with Crippen LogP contribution >= 0.6 is 0 Å². The monoisotopic (exact) mass is 388 g/mol. The molecule has 0 aliphatic heterocycles. The lowest BCUT2D eigenvalue weighted by atomic mass is 10.1. The minimum absolute atomic E-state index is 0.205. The van der Waals surface area contributed by atoms with Crippen molar-refractivity contribution in [2.24, 2.45) is 0 Å². The number of hydrogen-bond acceptors (Lipinski definition) is 5. The van der Waals surface area contributed by atoms with E-state index in [1.54, 1.807) is 0 Å². The molecule has 0 bridgehead atoms. The standard InChI is InChI=1S/C20H28N4O4/c1-12-17-14(19(27)23(8-9-28-5)11-16(25)26)10-15(13-6-7-13)21-18(17)24(22-12)20(2,3)4/h10,13H,6-9,11H2,1-5H3,(H,25,26). The van der Waals surface area contributed by atoms with Crippen LogP contribution in [0, 0.1) is 6.92 Å². The van der Waals surface area contributed by atoms with Crippen molar-refractivity contribution in [3.05, 3.63) is 23.0 Å². The number of carboxylic acids is 1. The number of nitrogens with zero attached hydrogens (tertiary/aromatic N) is 4. The fourth-order valence-electron chi connectivity index (χ4n) is 3.32. The molecule has 1 fully saturated rings. The van der Waals surface area contributed by atoms with Crippen LogP contribution in [0.15, 0.2) is 6.07 Å². The number of fused-ring (bicyclic) bond motifs is 1. The van der Waals surface area contributed by atoms with Gasteiger partial charge in [-0.05, 0) is 46.6 Å². The van der Waals surface area contributed by atoms with Crippen molar-refractivity contribution in [2.45, 2.75) is 52.0 Å². The van der Waals surface area contributed by atoms with Gasteiger partial charge in [0.1, 0.15) is 6.54 Å². The number of rotatable bonds is 7. The minimum atomic E-state index is -1.06. The fourth-order valence-corrected chi connectivity index (χ4v) is 3.32. The molecule has 8 heteroatoms. The Labute approximate surface area is 164 Å². The second kappa shape index (κ2) is 7.50. The van der Waals surface area contributed by atoms with E-state index in [0.717, 1.165) is 18.5 Å². The maximum atomic E-state index is 13.3. The number of aromatic nitrogens is 3. The lowest BCUT2D eigenvalue weighted by Gasteiger charge is -2.22. The predicted octanol–water partition coefficient (Wildman–Crippen LogP) is 2.55. The van der Waals surface area contributed by atoms with Crippen LogP contribution in [0.25, 0.3) is 11.0 Å². The number of pyridine rings is 1. The van der Waals surface area contributed by atoms with E-state index >= 15 is 0 Å². The van der Waals surface area contributed by atoms with Crippen LogP contribution in [0.2, 0.25) is 0 Å². The zero-order valence-electron chi connectivity index (χ0n) is 17.2. The first kappa shape index (κ1) is 20.3. The van der Waals surface area contributed by atoms with Crippen molar-refractivity contribution < 1.29 is 19.4 Å². The van der Waals surface area contributed by atoms with Crippen molar-refractivity contribution in [1.82, 2.24) is 19.7 Å². The highest BCUT2D eigenvalue weighted by atomic mass is 16.5. The van der Waals surface area contributed by atoms with E-state index in [0.29, 0.717) is 28.2 Å². The van der Waals surface area contributed by atoms with E-state index in [2.05, 4.69) is 5.10 Å². The molecule has 0 atom stereocenters. The van der Waals surface area contributed by atoms with Gasteiger partial charge in [0.15, 0.2) is 5.65 Å². The lowest BCUT2D eigenvalue weighted by molar-refractivity contribution is -0.137. The average Bonchev–Trinajstić information content (AvgIpc) is 3.40. The van der Waals surface area contributed by atoms with Crippen LogP contribution in [0.5, 0.6) is 0 Å². The van der Waals surface area contributed by atoms with Gasteiger partial charge in [-0.1, -0.05) is 0 Å². The molecule has 0 saturated heterocycles. The molecule has 28 heavy (non-hydrogen) atoms. The molecule has 152 valence electrons. The van der Waals surface area contributed by atoms with Gasteiger partial charge in [-0.15, -0.1) is 0 Å². The Balaban J connectivity index is 2.16. The molecule has 1 N–H and O–H groups in total. The van der Waals surface area contributed by atoms with Gasteiger partial charge in [0, 0.05) is 25.3 Å². The van der Waals surface area contributed by atoms with Crippen molar-refractivity contribution >= 4 is 22.9 Å². The van der Waals surface area contributed by atoms with E-state index in [9.17, 15) is 14.7 Å². The summed E-state index contributed by atoms with van der Waals surface area (Å²) in [7, 11) is 1.52. The first-order chi connectivity index (χ1) is 13.1. The molecule has 0 spiro atoms. The molecule has 2 heterocycles. The Hall–Kier alpha value is -2.48. The third-order valence-electron chi connectivity index (χ3n) is 4.87. The van der Waals surface area contributed by atoms with Crippen molar-refractivity contribution in [2.75, 3.05) is 26.8 Å². The second-order valence-corrected chi connectivity index (χ2v) is 8.35. The molecule has 1 aliphatic carbocycles. The first-order valence-electron chi connectivity index (χ1n) is 9.54. The van der Waals surface area contributed by atoms with Gasteiger partial charge >= 0.3 is 5.97 Å². The van der Waals surface area contributed by atoms with E-state index < -0.39 is 5.97 Å². The third kappa shape index (κ3) is 4.01. The van der Waals surface area contributed by atoms with Gasteiger partial charge in [0.2, 0.25) is 0 Å². The van der Waals surface area contributed by atoms with Crippen LogP contribution < -0.4 is 0 Å². The summed E-state index contributed by atoms with van der Waals surface area (Å²) >= 11 is 0. The largest absolute Gasteiger partial charge is 0.480 e. The normalized spacial score (nSPS) is 14.5.